The summed E-state index contributed by atoms with van der Waals surface area (Å²) in [6.07, 6.45) is -5.08. The van der Waals surface area contributed by atoms with Gasteiger partial charge in [-0.3, -0.25) is 10.1 Å². The summed E-state index contributed by atoms with van der Waals surface area (Å²) in [5, 5.41) is 25.9. The van der Waals surface area contributed by atoms with E-state index in [4.69, 9.17) is 15.0 Å². The van der Waals surface area contributed by atoms with Crippen molar-refractivity contribution in [1.29, 1.82) is 0 Å². The first-order valence-electron chi connectivity index (χ1n) is 3.88. The number of carboxylic acids is 1. The molecular formula is C8H6F3NO5. The van der Waals surface area contributed by atoms with Crippen LogP contribution in [0.1, 0.15) is 0 Å². The van der Waals surface area contributed by atoms with Crippen LogP contribution in [0.4, 0.5) is 18.9 Å². The highest BCUT2D eigenvalue weighted by Gasteiger charge is 2.38. The molecule has 0 spiro atoms. The highest BCUT2D eigenvalue weighted by atomic mass is 19.4. The minimum absolute atomic E-state index is 0.0159. The van der Waals surface area contributed by atoms with E-state index in [2.05, 4.69) is 0 Å². The number of aromatic hydroxyl groups is 1. The van der Waals surface area contributed by atoms with Crippen LogP contribution in [0.2, 0.25) is 0 Å². The Morgan fingerprint density at radius 1 is 1.24 bits per heavy atom. The third-order valence-electron chi connectivity index (χ3n) is 1.30. The molecular weight excluding hydrogens is 247 g/mol. The average Bonchev–Trinajstić information content (AvgIpc) is 2.17. The summed E-state index contributed by atoms with van der Waals surface area (Å²) in [5.41, 5.74) is -0.0159. The van der Waals surface area contributed by atoms with Crippen molar-refractivity contribution in [3.8, 4) is 5.75 Å². The molecule has 0 bridgehead atoms. The summed E-state index contributed by atoms with van der Waals surface area (Å²) in [7, 11) is 0. The number of benzene rings is 1. The molecule has 0 aliphatic carbocycles. The molecule has 0 aromatic heterocycles. The maximum atomic E-state index is 10.6. The van der Waals surface area contributed by atoms with Gasteiger partial charge in [0.25, 0.3) is 5.69 Å². The Morgan fingerprint density at radius 2 is 1.59 bits per heavy atom. The van der Waals surface area contributed by atoms with E-state index in [1.54, 1.807) is 0 Å². The molecule has 6 nitrogen and oxygen atoms in total. The number of phenolic OH excluding ortho intramolecular Hbond substituents is 1. The smallest absolute Gasteiger partial charge is 0.490 e. The van der Waals surface area contributed by atoms with Crippen molar-refractivity contribution in [2.45, 2.75) is 6.18 Å². The number of hydrogen-bond acceptors (Lipinski definition) is 4. The van der Waals surface area contributed by atoms with Gasteiger partial charge in [0, 0.05) is 12.1 Å². The number of halogens is 3. The number of carbonyl (C=O) groups is 1. The highest BCUT2D eigenvalue weighted by Crippen LogP contribution is 2.15. The van der Waals surface area contributed by atoms with Gasteiger partial charge in [0.2, 0.25) is 0 Å². The fourth-order valence-electron chi connectivity index (χ4n) is 0.574. The molecule has 94 valence electrons. The van der Waals surface area contributed by atoms with Gasteiger partial charge in [-0.2, -0.15) is 13.2 Å². The number of aliphatic carboxylic acids is 1. The Bertz CT molecular complexity index is 401. The molecule has 0 aliphatic rings. The van der Waals surface area contributed by atoms with Gasteiger partial charge in [-0.05, 0) is 12.1 Å². The lowest BCUT2D eigenvalue weighted by Crippen LogP contribution is -2.21. The van der Waals surface area contributed by atoms with Gasteiger partial charge >= 0.3 is 12.1 Å². The molecule has 0 amide bonds. The summed E-state index contributed by atoms with van der Waals surface area (Å²) in [6.45, 7) is 0. The summed E-state index contributed by atoms with van der Waals surface area (Å²) < 4.78 is 31.7. The Morgan fingerprint density at radius 3 is 1.82 bits per heavy atom. The third kappa shape index (κ3) is 5.97. The zero-order valence-electron chi connectivity index (χ0n) is 8.01. The number of alkyl halides is 3. The normalized spacial score (nSPS) is 10.1. The van der Waals surface area contributed by atoms with Crippen molar-refractivity contribution in [2.24, 2.45) is 0 Å². The molecule has 9 heteroatoms. The molecule has 0 aliphatic heterocycles. The topological polar surface area (TPSA) is 101 Å². The minimum Gasteiger partial charge on any atom is -0.508 e. The molecule has 17 heavy (non-hydrogen) atoms. The number of hydrogen-bond donors (Lipinski definition) is 2. The van der Waals surface area contributed by atoms with Crippen molar-refractivity contribution in [3.05, 3.63) is 34.4 Å². The number of non-ortho nitro benzene ring substituents is 1. The van der Waals surface area contributed by atoms with E-state index in [-0.39, 0.29) is 11.4 Å². The Labute approximate surface area is 92.1 Å². The number of carboxylic acid groups (broad SMARTS) is 1. The standard InChI is InChI=1S/C6H5NO3.C2HF3O2/c8-6-3-1-5(2-4-6)7(9)10;3-2(4,5)1(6)7/h1-4,8H;(H,6,7). The van der Waals surface area contributed by atoms with Gasteiger partial charge in [-0.25, -0.2) is 4.79 Å². The lowest BCUT2D eigenvalue weighted by atomic mass is 10.3. The number of rotatable bonds is 1. The second-order valence-electron chi connectivity index (χ2n) is 2.58. The predicted octanol–water partition coefficient (Wildman–Crippen LogP) is 1.93. The molecule has 1 aromatic rings. The maximum Gasteiger partial charge on any atom is 0.490 e. The molecule has 0 fully saturated rings. The van der Waals surface area contributed by atoms with Crippen LogP contribution in [0, 0.1) is 10.1 Å². The molecule has 0 heterocycles. The van der Waals surface area contributed by atoms with Gasteiger partial charge in [-0.1, -0.05) is 0 Å². The Kier molecular flexibility index (Phi) is 4.90. The second kappa shape index (κ2) is 5.68. The first kappa shape index (κ1) is 14.7. The van der Waals surface area contributed by atoms with E-state index < -0.39 is 17.1 Å². The maximum absolute atomic E-state index is 10.6. The van der Waals surface area contributed by atoms with E-state index in [0.29, 0.717) is 0 Å². The van der Waals surface area contributed by atoms with Crippen molar-refractivity contribution in [1.82, 2.24) is 0 Å². The summed E-state index contributed by atoms with van der Waals surface area (Å²) in [4.78, 5) is 18.4. The number of phenols is 1. The van der Waals surface area contributed by atoms with E-state index in [1.807, 2.05) is 0 Å². The summed E-state index contributed by atoms with van der Waals surface area (Å²) in [5.74, 6) is -2.72. The number of nitro benzene ring substituents is 1. The van der Waals surface area contributed by atoms with Gasteiger partial charge in [0.05, 0.1) is 4.92 Å². The first-order chi connectivity index (χ1) is 7.64. The third-order valence-corrected chi connectivity index (χ3v) is 1.30. The molecule has 0 saturated carbocycles. The van der Waals surface area contributed by atoms with Gasteiger partial charge < -0.3 is 10.2 Å². The molecule has 1 aromatic carbocycles. The van der Waals surface area contributed by atoms with E-state index in [1.165, 1.54) is 24.3 Å². The lowest BCUT2D eigenvalue weighted by Gasteiger charge is -1.93. The van der Waals surface area contributed by atoms with Gasteiger partial charge in [0.15, 0.2) is 0 Å². The van der Waals surface area contributed by atoms with E-state index in [9.17, 15) is 23.3 Å². The van der Waals surface area contributed by atoms with Crippen molar-refractivity contribution in [3.63, 3.8) is 0 Å². The molecule has 0 radical (unpaired) electrons. The zero-order chi connectivity index (χ0) is 13.6. The lowest BCUT2D eigenvalue weighted by molar-refractivity contribution is -0.384. The van der Waals surface area contributed by atoms with Crippen LogP contribution in [0.25, 0.3) is 0 Å². The van der Waals surface area contributed by atoms with Crippen LogP contribution in [0.3, 0.4) is 0 Å². The molecule has 0 unspecified atom stereocenters. The first-order valence-corrected chi connectivity index (χ1v) is 3.88. The molecule has 0 atom stereocenters. The van der Waals surface area contributed by atoms with Crippen LogP contribution in [0.5, 0.6) is 5.75 Å². The zero-order valence-corrected chi connectivity index (χ0v) is 8.01. The average molecular weight is 253 g/mol. The van der Waals surface area contributed by atoms with Gasteiger partial charge in [-0.15, -0.1) is 0 Å². The SMILES string of the molecule is O=C(O)C(F)(F)F.O=[N+]([O-])c1ccc(O)cc1. The van der Waals surface area contributed by atoms with Crippen molar-refractivity contribution in [2.75, 3.05) is 0 Å². The Balaban J connectivity index is 0.000000325. The minimum atomic E-state index is -5.08. The van der Waals surface area contributed by atoms with Crippen LogP contribution < -0.4 is 0 Å². The van der Waals surface area contributed by atoms with Crippen LogP contribution in [-0.2, 0) is 4.79 Å². The molecule has 0 saturated heterocycles. The summed E-state index contributed by atoms with van der Waals surface area (Å²) >= 11 is 0. The highest BCUT2D eigenvalue weighted by molar-refractivity contribution is 5.73. The fourth-order valence-corrected chi connectivity index (χ4v) is 0.574. The number of nitro groups is 1. The molecule has 1 rings (SSSR count). The quantitative estimate of drug-likeness (QED) is 0.588. The van der Waals surface area contributed by atoms with Crippen molar-refractivity contribution >= 4 is 11.7 Å². The van der Waals surface area contributed by atoms with E-state index >= 15 is 0 Å². The second-order valence-corrected chi connectivity index (χ2v) is 2.58. The Hall–Kier alpha value is -2.32. The molecule has 2 N–H and O–H groups in total. The fraction of sp³-hybridized carbons (Fsp3) is 0.125. The van der Waals surface area contributed by atoms with Crippen molar-refractivity contribution < 1.29 is 33.1 Å². The summed E-state index contributed by atoms with van der Waals surface area (Å²) in [6, 6.07) is 5.04. The van der Waals surface area contributed by atoms with Gasteiger partial charge in [0.1, 0.15) is 5.75 Å². The van der Waals surface area contributed by atoms with Crippen LogP contribution >= 0.6 is 0 Å². The van der Waals surface area contributed by atoms with Crippen LogP contribution in [-0.4, -0.2) is 27.3 Å². The largest absolute Gasteiger partial charge is 0.508 e. The predicted molar refractivity (Wildman–Crippen MR) is 48.5 cm³/mol. The number of nitrogens with zero attached hydrogens (tertiary/aromatic N) is 1. The monoisotopic (exact) mass is 253 g/mol. The van der Waals surface area contributed by atoms with Crippen LogP contribution in [0.15, 0.2) is 24.3 Å². The van der Waals surface area contributed by atoms with E-state index in [0.717, 1.165) is 0 Å².